The van der Waals surface area contributed by atoms with Gasteiger partial charge in [-0.2, -0.15) is 16.4 Å². The summed E-state index contributed by atoms with van der Waals surface area (Å²) in [5.41, 5.74) is 2.96. The van der Waals surface area contributed by atoms with Gasteiger partial charge in [0.2, 0.25) is 0 Å². The maximum absolute atomic E-state index is 12.7. The number of amides is 1. The predicted molar refractivity (Wildman–Crippen MR) is 99.1 cm³/mol. The molecule has 0 unspecified atom stereocenters. The number of thiophene rings is 1. The van der Waals surface area contributed by atoms with E-state index in [1.54, 1.807) is 22.2 Å². The smallest absolute Gasteiger partial charge is 0.257 e. The normalized spacial score (nSPS) is 15.4. The van der Waals surface area contributed by atoms with Crippen LogP contribution in [0.15, 0.2) is 59.6 Å². The molecule has 128 valence electrons. The number of benzene rings is 1. The number of aromatic nitrogens is 2. The highest BCUT2D eigenvalue weighted by Crippen LogP contribution is 2.14. The fraction of sp³-hybridized carbons (Fsp3) is 0.263. The molecule has 1 aliphatic rings. The summed E-state index contributed by atoms with van der Waals surface area (Å²) in [6, 6.07) is 12.0. The first-order chi connectivity index (χ1) is 12.3. The average molecular weight is 352 g/mol. The predicted octanol–water partition coefficient (Wildman–Crippen LogP) is 2.89. The molecule has 4 rings (SSSR count). The SMILES string of the molecule is O=C(c1cnn(-c2ccccc2)c1)N1CCN(Cc2ccsc2)CC1. The van der Waals surface area contributed by atoms with Gasteiger partial charge in [-0.25, -0.2) is 4.68 Å². The Bertz CT molecular complexity index is 820. The second-order valence-corrected chi connectivity index (χ2v) is 6.99. The van der Waals surface area contributed by atoms with Crippen LogP contribution >= 0.6 is 11.3 Å². The number of carbonyl (C=O) groups excluding carboxylic acids is 1. The Kier molecular flexibility index (Phi) is 4.63. The van der Waals surface area contributed by atoms with Crippen molar-refractivity contribution in [2.45, 2.75) is 6.54 Å². The van der Waals surface area contributed by atoms with Crippen LogP contribution in [0.25, 0.3) is 5.69 Å². The number of hydrogen-bond donors (Lipinski definition) is 0. The Hall–Kier alpha value is -2.44. The van der Waals surface area contributed by atoms with Crippen LogP contribution in [0.2, 0.25) is 0 Å². The maximum Gasteiger partial charge on any atom is 0.257 e. The van der Waals surface area contributed by atoms with E-state index in [-0.39, 0.29) is 5.91 Å². The van der Waals surface area contributed by atoms with Crippen molar-refractivity contribution in [2.24, 2.45) is 0 Å². The maximum atomic E-state index is 12.7. The Balaban J connectivity index is 1.37. The summed E-state index contributed by atoms with van der Waals surface area (Å²) in [5, 5.41) is 8.63. The zero-order valence-electron chi connectivity index (χ0n) is 13.9. The van der Waals surface area contributed by atoms with Gasteiger partial charge < -0.3 is 4.90 Å². The van der Waals surface area contributed by atoms with Crippen molar-refractivity contribution in [1.29, 1.82) is 0 Å². The summed E-state index contributed by atoms with van der Waals surface area (Å²) < 4.78 is 1.75. The van der Waals surface area contributed by atoms with Gasteiger partial charge in [-0.3, -0.25) is 9.69 Å². The van der Waals surface area contributed by atoms with Crippen LogP contribution < -0.4 is 0 Å². The number of carbonyl (C=O) groups is 1. The molecule has 3 aromatic rings. The van der Waals surface area contributed by atoms with E-state index in [1.165, 1.54) is 5.56 Å². The molecular weight excluding hydrogens is 332 g/mol. The van der Waals surface area contributed by atoms with Crippen molar-refractivity contribution in [3.05, 3.63) is 70.7 Å². The van der Waals surface area contributed by atoms with Crippen molar-refractivity contribution >= 4 is 17.2 Å². The van der Waals surface area contributed by atoms with E-state index in [1.807, 2.05) is 41.4 Å². The molecule has 1 amide bonds. The van der Waals surface area contributed by atoms with Crippen molar-refractivity contribution in [3.8, 4) is 5.69 Å². The topological polar surface area (TPSA) is 41.4 Å². The molecule has 0 radical (unpaired) electrons. The third-order valence-electron chi connectivity index (χ3n) is 4.50. The first kappa shape index (κ1) is 16.1. The summed E-state index contributed by atoms with van der Waals surface area (Å²) in [6.45, 7) is 4.32. The van der Waals surface area contributed by atoms with Gasteiger partial charge in [0.15, 0.2) is 0 Å². The van der Waals surface area contributed by atoms with Gasteiger partial charge in [0.25, 0.3) is 5.91 Å². The quantitative estimate of drug-likeness (QED) is 0.725. The minimum absolute atomic E-state index is 0.0670. The molecule has 6 heteroatoms. The Labute approximate surface area is 151 Å². The lowest BCUT2D eigenvalue weighted by atomic mass is 10.2. The molecule has 5 nitrogen and oxygen atoms in total. The first-order valence-electron chi connectivity index (χ1n) is 8.42. The summed E-state index contributed by atoms with van der Waals surface area (Å²) in [6.07, 6.45) is 3.47. The van der Waals surface area contributed by atoms with Crippen LogP contribution in [0.1, 0.15) is 15.9 Å². The van der Waals surface area contributed by atoms with E-state index in [0.717, 1.165) is 38.4 Å². The van der Waals surface area contributed by atoms with Crippen molar-refractivity contribution in [2.75, 3.05) is 26.2 Å². The van der Waals surface area contributed by atoms with Crippen molar-refractivity contribution in [1.82, 2.24) is 19.6 Å². The van der Waals surface area contributed by atoms with Gasteiger partial charge in [0.1, 0.15) is 0 Å². The highest BCUT2D eigenvalue weighted by Gasteiger charge is 2.23. The molecule has 0 bridgehead atoms. The second-order valence-electron chi connectivity index (χ2n) is 6.21. The minimum atomic E-state index is 0.0670. The van der Waals surface area contributed by atoms with Gasteiger partial charge in [-0.1, -0.05) is 18.2 Å². The molecule has 0 N–H and O–H groups in total. The minimum Gasteiger partial charge on any atom is -0.336 e. The fourth-order valence-corrected chi connectivity index (χ4v) is 3.75. The zero-order valence-corrected chi connectivity index (χ0v) is 14.7. The summed E-state index contributed by atoms with van der Waals surface area (Å²) in [4.78, 5) is 17.1. The van der Waals surface area contributed by atoms with Crippen molar-refractivity contribution in [3.63, 3.8) is 0 Å². The van der Waals surface area contributed by atoms with Crippen LogP contribution in [0.3, 0.4) is 0 Å². The number of nitrogens with zero attached hydrogens (tertiary/aromatic N) is 4. The lowest BCUT2D eigenvalue weighted by molar-refractivity contribution is 0.0628. The lowest BCUT2D eigenvalue weighted by Gasteiger charge is -2.34. The molecule has 25 heavy (non-hydrogen) atoms. The molecule has 1 saturated heterocycles. The Morgan fingerprint density at radius 3 is 2.60 bits per heavy atom. The monoisotopic (exact) mass is 352 g/mol. The van der Waals surface area contributed by atoms with Gasteiger partial charge in [-0.15, -0.1) is 0 Å². The molecule has 0 aliphatic carbocycles. The highest BCUT2D eigenvalue weighted by molar-refractivity contribution is 7.07. The Morgan fingerprint density at radius 2 is 1.88 bits per heavy atom. The molecule has 2 aromatic heterocycles. The molecule has 1 aromatic carbocycles. The number of piperazine rings is 1. The van der Waals surface area contributed by atoms with Crippen LogP contribution in [0.4, 0.5) is 0 Å². The van der Waals surface area contributed by atoms with E-state index in [0.29, 0.717) is 5.56 Å². The van der Waals surface area contributed by atoms with Crippen LogP contribution in [0.5, 0.6) is 0 Å². The third-order valence-corrected chi connectivity index (χ3v) is 5.23. The van der Waals surface area contributed by atoms with E-state index in [9.17, 15) is 4.79 Å². The van der Waals surface area contributed by atoms with Crippen LogP contribution in [-0.2, 0) is 6.54 Å². The molecule has 3 heterocycles. The van der Waals surface area contributed by atoms with Gasteiger partial charge in [-0.05, 0) is 34.5 Å². The molecule has 0 saturated carbocycles. The molecule has 0 atom stereocenters. The Morgan fingerprint density at radius 1 is 1.08 bits per heavy atom. The van der Waals surface area contributed by atoms with Gasteiger partial charge in [0.05, 0.1) is 17.4 Å². The fourth-order valence-electron chi connectivity index (χ4n) is 3.09. The van der Waals surface area contributed by atoms with Crippen molar-refractivity contribution < 1.29 is 4.79 Å². The van der Waals surface area contributed by atoms with Crippen LogP contribution in [-0.4, -0.2) is 51.7 Å². The summed E-state index contributed by atoms with van der Waals surface area (Å²) in [5.74, 6) is 0.0670. The molecule has 1 fully saturated rings. The molecule has 0 spiro atoms. The summed E-state index contributed by atoms with van der Waals surface area (Å²) in [7, 11) is 0. The lowest BCUT2D eigenvalue weighted by Crippen LogP contribution is -2.48. The van der Waals surface area contributed by atoms with Gasteiger partial charge >= 0.3 is 0 Å². The average Bonchev–Trinajstić information content (AvgIpc) is 3.34. The van der Waals surface area contributed by atoms with E-state index >= 15 is 0 Å². The zero-order chi connectivity index (χ0) is 17.1. The van der Waals surface area contributed by atoms with Gasteiger partial charge in [0, 0.05) is 38.9 Å². The van der Waals surface area contributed by atoms with Crippen LogP contribution in [0, 0.1) is 0 Å². The number of rotatable bonds is 4. The number of para-hydroxylation sites is 1. The first-order valence-corrected chi connectivity index (χ1v) is 9.37. The number of hydrogen-bond acceptors (Lipinski definition) is 4. The highest BCUT2D eigenvalue weighted by atomic mass is 32.1. The standard InChI is InChI=1S/C19H20N4OS/c24-19(17-12-20-23(14-17)18-4-2-1-3-5-18)22-9-7-21(8-10-22)13-16-6-11-25-15-16/h1-6,11-12,14-15H,7-10,13H2. The molecular formula is C19H20N4OS. The summed E-state index contributed by atoms with van der Waals surface area (Å²) >= 11 is 1.73. The second kappa shape index (κ2) is 7.21. The van der Waals surface area contributed by atoms with E-state index in [2.05, 4.69) is 26.8 Å². The van der Waals surface area contributed by atoms with E-state index in [4.69, 9.17) is 0 Å². The third kappa shape index (κ3) is 3.65. The van der Waals surface area contributed by atoms with E-state index < -0.39 is 0 Å². The largest absolute Gasteiger partial charge is 0.336 e. The molecule has 1 aliphatic heterocycles.